The average Bonchev–Trinajstić information content (AvgIpc) is 2.37. The average molecular weight is 279 g/mol. The zero-order valence-corrected chi connectivity index (χ0v) is 13.9. The molecule has 108 valence electrons. The highest BCUT2D eigenvalue weighted by Crippen LogP contribution is 2.29. The van der Waals surface area contributed by atoms with Crippen molar-refractivity contribution in [1.82, 2.24) is 5.32 Å². The summed E-state index contributed by atoms with van der Waals surface area (Å²) in [7, 11) is 0. The van der Waals surface area contributed by atoms with Crippen LogP contribution in [0.1, 0.15) is 47.5 Å². The molecule has 2 heteroatoms. The molecule has 1 N–H and O–H groups in total. The van der Waals surface area contributed by atoms with E-state index < -0.39 is 0 Å². The van der Waals surface area contributed by atoms with E-state index in [0.717, 1.165) is 6.54 Å². The van der Waals surface area contributed by atoms with Gasteiger partial charge in [0.15, 0.2) is 0 Å². The van der Waals surface area contributed by atoms with Gasteiger partial charge in [-0.1, -0.05) is 32.0 Å². The van der Waals surface area contributed by atoms with Crippen LogP contribution in [0.3, 0.4) is 0 Å². The molecule has 0 aliphatic heterocycles. The van der Waals surface area contributed by atoms with Crippen LogP contribution in [0.25, 0.3) is 0 Å². The molecule has 0 aliphatic carbocycles. The lowest BCUT2D eigenvalue weighted by molar-refractivity contribution is 0.250. The van der Waals surface area contributed by atoms with Crippen LogP contribution >= 0.6 is 11.8 Å². The molecule has 1 rings (SSSR count). The summed E-state index contributed by atoms with van der Waals surface area (Å²) in [6.45, 7) is 12.5. The van der Waals surface area contributed by atoms with Gasteiger partial charge in [-0.25, -0.2) is 0 Å². The van der Waals surface area contributed by atoms with E-state index >= 15 is 0 Å². The van der Waals surface area contributed by atoms with Crippen molar-refractivity contribution in [2.75, 3.05) is 12.3 Å². The summed E-state index contributed by atoms with van der Waals surface area (Å²) in [4.78, 5) is 1.38. The molecule has 0 saturated heterocycles. The van der Waals surface area contributed by atoms with Crippen molar-refractivity contribution >= 4 is 11.8 Å². The molecule has 19 heavy (non-hydrogen) atoms. The quantitative estimate of drug-likeness (QED) is 0.707. The van der Waals surface area contributed by atoms with Gasteiger partial charge in [-0.3, -0.25) is 0 Å². The van der Waals surface area contributed by atoms with Crippen LogP contribution in [0.4, 0.5) is 0 Å². The predicted octanol–water partition coefficient (Wildman–Crippen LogP) is 4.97. The Morgan fingerprint density at radius 2 is 1.68 bits per heavy atom. The van der Waals surface area contributed by atoms with Gasteiger partial charge in [-0.2, -0.15) is 0 Å². The highest BCUT2D eigenvalue weighted by Gasteiger charge is 2.23. The molecule has 1 aromatic rings. The van der Waals surface area contributed by atoms with Gasteiger partial charge in [-0.15, -0.1) is 11.8 Å². The second kappa shape index (κ2) is 7.35. The summed E-state index contributed by atoms with van der Waals surface area (Å²) in [6.07, 6.45) is 2.48. The summed E-state index contributed by atoms with van der Waals surface area (Å²) < 4.78 is 0. The lowest BCUT2D eigenvalue weighted by Crippen LogP contribution is -2.43. The highest BCUT2D eigenvalue weighted by atomic mass is 32.2. The van der Waals surface area contributed by atoms with Crippen LogP contribution in [-0.2, 0) is 0 Å². The summed E-state index contributed by atoms with van der Waals surface area (Å²) in [5.74, 6) is 1.19. The van der Waals surface area contributed by atoms with Crippen LogP contribution < -0.4 is 5.32 Å². The fraction of sp³-hybridized carbons (Fsp3) is 0.647. The molecule has 0 amide bonds. The Morgan fingerprint density at radius 3 is 2.21 bits per heavy atom. The van der Waals surface area contributed by atoms with Crippen LogP contribution in [0.5, 0.6) is 0 Å². The molecule has 0 fully saturated rings. The number of nitrogens with one attached hydrogen (secondary N) is 1. The monoisotopic (exact) mass is 279 g/mol. The Balaban J connectivity index is 2.39. The van der Waals surface area contributed by atoms with Crippen molar-refractivity contribution in [2.45, 2.75) is 57.9 Å². The van der Waals surface area contributed by atoms with Gasteiger partial charge < -0.3 is 5.32 Å². The van der Waals surface area contributed by atoms with Crippen molar-refractivity contribution in [3.63, 3.8) is 0 Å². The Labute approximate surface area is 123 Å². The van der Waals surface area contributed by atoms with Gasteiger partial charge in [0.2, 0.25) is 0 Å². The topological polar surface area (TPSA) is 12.0 Å². The van der Waals surface area contributed by atoms with Crippen molar-refractivity contribution in [2.24, 2.45) is 5.41 Å². The molecule has 0 heterocycles. The third kappa shape index (κ3) is 7.03. The summed E-state index contributed by atoms with van der Waals surface area (Å²) in [6, 6.07) is 10.7. The first kappa shape index (κ1) is 16.6. The first-order valence-electron chi connectivity index (χ1n) is 7.27. The zero-order valence-electron chi connectivity index (χ0n) is 13.1. The predicted molar refractivity (Wildman–Crippen MR) is 87.9 cm³/mol. The van der Waals surface area contributed by atoms with E-state index in [1.54, 1.807) is 0 Å². The number of hydrogen-bond donors (Lipinski definition) is 1. The second-order valence-electron chi connectivity index (χ2n) is 6.68. The Morgan fingerprint density at radius 1 is 1.05 bits per heavy atom. The van der Waals surface area contributed by atoms with E-state index in [0.29, 0.717) is 5.41 Å². The van der Waals surface area contributed by atoms with Crippen molar-refractivity contribution in [3.05, 3.63) is 30.3 Å². The molecular formula is C17H29NS. The van der Waals surface area contributed by atoms with Crippen molar-refractivity contribution in [1.29, 1.82) is 0 Å². The molecule has 1 unspecified atom stereocenters. The third-order valence-corrected chi connectivity index (χ3v) is 4.63. The van der Waals surface area contributed by atoms with Crippen LogP contribution in [0, 0.1) is 5.41 Å². The lowest BCUT2D eigenvalue weighted by Gasteiger charge is -2.33. The van der Waals surface area contributed by atoms with Gasteiger partial charge in [-0.05, 0) is 56.9 Å². The standard InChI is InChI=1S/C17H29NS/c1-6-17(5,14-18-16(2,3)4)12-13-19-15-10-8-7-9-11-15/h7-11,18H,6,12-14H2,1-5H3. The van der Waals surface area contributed by atoms with Gasteiger partial charge in [0.25, 0.3) is 0 Å². The SMILES string of the molecule is CCC(C)(CCSc1ccccc1)CNC(C)(C)C. The van der Waals surface area contributed by atoms with Crippen LogP contribution in [0.15, 0.2) is 35.2 Å². The molecule has 1 nitrogen and oxygen atoms in total. The fourth-order valence-electron chi connectivity index (χ4n) is 1.80. The molecular weight excluding hydrogens is 250 g/mol. The van der Waals surface area contributed by atoms with Gasteiger partial charge in [0.1, 0.15) is 0 Å². The Kier molecular flexibility index (Phi) is 6.41. The van der Waals surface area contributed by atoms with Gasteiger partial charge >= 0.3 is 0 Å². The molecule has 1 atom stereocenters. The molecule has 0 aliphatic rings. The van der Waals surface area contributed by atoms with E-state index in [-0.39, 0.29) is 5.54 Å². The lowest BCUT2D eigenvalue weighted by atomic mass is 9.84. The van der Waals surface area contributed by atoms with Gasteiger partial charge in [0.05, 0.1) is 0 Å². The van der Waals surface area contributed by atoms with E-state index in [1.165, 1.54) is 23.5 Å². The normalized spacial score (nSPS) is 15.2. The Bertz CT molecular complexity index is 355. The third-order valence-electron chi connectivity index (χ3n) is 3.62. The maximum Gasteiger partial charge on any atom is 0.00967 e. The zero-order chi connectivity index (χ0) is 14.4. The minimum Gasteiger partial charge on any atom is -0.312 e. The summed E-state index contributed by atoms with van der Waals surface area (Å²) in [5, 5.41) is 3.65. The van der Waals surface area contributed by atoms with Crippen molar-refractivity contribution in [3.8, 4) is 0 Å². The van der Waals surface area contributed by atoms with E-state index in [4.69, 9.17) is 0 Å². The smallest absolute Gasteiger partial charge is 0.00967 e. The summed E-state index contributed by atoms with van der Waals surface area (Å²) in [5.41, 5.74) is 0.609. The first-order chi connectivity index (χ1) is 8.85. The van der Waals surface area contributed by atoms with Crippen LogP contribution in [-0.4, -0.2) is 17.8 Å². The number of hydrogen-bond acceptors (Lipinski definition) is 2. The molecule has 0 aromatic heterocycles. The molecule has 0 saturated carbocycles. The maximum absolute atomic E-state index is 3.65. The Hall–Kier alpha value is -0.470. The van der Waals surface area contributed by atoms with E-state index in [9.17, 15) is 0 Å². The highest BCUT2D eigenvalue weighted by molar-refractivity contribution is 7.99. The molecule has 0 spiro atoms. The van der Waals surface area contributed by atoms with E-state index in [1.807, 2.05) is 11.8 Å². The minimum absolute atomic E-state index is 0.211. The second-order valence-corrected chi connectivity index (χ2v) is 7.85. The molecule has 0 radical (unpaired) electrons. The largest absolute Gasteiger partial charge is 0.312 e. The number of benzene rings is 1. The maximum atomic E-state index is 3.65. The minimum atomic E-state index is 0.211. The van der Waals surface area contributed by atoms with Crippen molar-refractivity contribution < 1.29 is 0 Å². The molecule has 0 bridgehead atoms. The van der Waals surface area contributed by atoms with Gasteiger partial charge in [0, 0.05) is 17.0 Å². The fourth-order valence-corrected chi connectivity index (χ4v) is 2.98. The number of thioether (sulfide) groups is 1. The van der Waals surface area contributed by atoms with E-state index in [2.05, 4.69) is 70.3 Å². The van der Waals surface area contributed by atoms with Crippen LogP contribution in [0.2, 0.25) is 0 Å². The number of rotatable bonds is 7. The first-order valence-corrected chi connectivity index (χ1v) is 8.26. The summed E-state index contributed by atoms with van der Waals surface area (Å²) >= 11 is 1.97. The molecule has 1 aromatic carbocycles.